The third-order valence-corrected chi connectivity index (χ3v) is 7.78. The lowest BCUT2D eigenvalue weighted by atomic mass is 10.2. The molecule has 8 heteroatoms. The van der Waals surface area contributed by atoms with Crippen LogP contribution in [0.4, 0.5) is 0 Å². The molecule has 0 amide bonds. The van der Waals surface area contributed by atoms with Crippen molar-refractivity contribution in [1.82, 2.24) is 23.4 Å². The lowest BCUT2D eigenvalue weighted by molar-refractivity contribution is 0.265. The zero-order valence-corrected chi connectivity index (χ0v) is 18.2. The Morgan fingerprint density at radius 1 is 1.13 bits per heavy atom. The van der Waals surface area contributed by atoms with Gasteiger partial charge in [-0.3, -0.25) is 4.90 Å². The zero-order chi connectivity index (χ0) is 21.0. The molecule has 1 saturated heterocycles. The van der Waals surface area contributed by atoms with Crippen molar-refractivity contribution in [2.45, 2.75) is 44.2 Å². The van der Waals surface area contributed by atoms with Crippen LogP contribution in [0.2, 0.25) is 0 Å². The summed E-state index contributed by atoms with van der Waals surface area (Å²) < 4.78 is 30.0. The highest BCUT2D eigenvalue weighted by molar-refractivity contribution is 7.90. The van der Waals surface area contributed by atoms with E-state index >= 15 is 0 Å². The lowest BCUT2D eigenvalue weighted by Gasteiger charge is -2.21. The van der Waals surface area contributed by atoms with Gasteiger partial charge in [-0.05, 0) is 45.4 Å². The van der Waals surface area contributed by atoms with Gasteiger partial charge in [0.2, 0.25) is 0 Å². The van der Waals surface area contributed by atoms with Crippen molar-refractivity contribution in [1.29, 1.82) is 0 Å². The Morgan fingerprint density at radius 2 is 1.90 bits per heavy atom. The number of hydrogen-bond acceptors (Lipinski definition) is 5. The number of benzene rings is 1. The van der Waals surface area contributed by atoms with Crippen LogP contribution in [0.5, 0.6) is 0 Å². The molecule has 30 heavy (non-hydrogen) atoms. The fourth-order valence-electron chi connectivity index (χ4n) is 4.56. The fraction of sp³-hybridized carbons (Fsp3) is 0.364. The van der Waals surface area contributed by atoms with Crippen molar-refractivity contribution >= 4 is 32.1 Å². The maximum atomic E-state index is 13.2. The van der Waals surface area contributed by atoms with E-state index < -0.39 is 10.0 Å². The summed E-state index contributed by atoms with van der Waals surface area (Å²) in [5.74, 6) is 0.938. The van der Waals surface area contributed by atoms with E-state index in [-0.39, 0.29) is 4.90 Å². The van der Waals surface area contributed by atoms with E-state index in [9.17, 15) is 8.42 Å². The van der Waals surface area contributed by atoms with Gasteiger partial charge in [0.05, 0.1) is 16.6 Å². The minimum atomic E-state index is -3.72. The largest absolute Gasteiger partial charge is 0.323 e. The number of hydrogen-bond donors (Lipinski definition) is 0. The Labute approximate surface area is 176 Å². The highest BCUT2D eigenvalue weighted by atomic mass is 32.2. The van der Waals surface area contributed by atoms with Crippen LogP contribution in [0.15, 0.2) is 53.7 Å². The molecule has 7 nitrogen and oxygen atoms in total. The van der Waals surface area contributed by atoms with Crippen molar-refractivity contribution in [2.75, 3.05) is 13.1 Å². The van der Waals surface area contributed by atoms with E-state index in [0.29, 0.717) is 17.7 Å². The smallest absolute Gasteiger partial charge is 0.269 e. The minimum absolute atomic E-state index is 0.248. The summed E-state index contributed by atoms with van der Waals surface area (Å²) in [5, 5.41) is 0.815. The summed E-state index contributed by atoms with van der Waals surface area (Å²) in [7, 11) is -3.72. The van der Waals surface area contributed by atoms with Crippen LogP contribution < -0.4 is 0 Å². The van der Waals surface area contributed by atoms with Crippen LogP contribution in [0.1, 0.15) is 32.1 Å². The van der Waals surface area contributed by atoms with Gasteiger partial charge in [-0.15, -0.1) is 0 Å². The first-order valence-corrected chi connectivity index (χ1v) is 11.7. The maximum absolute atomic E-state index is 13.2. The molecule has 1 aliphatic rings. The molecule has 0 N–H and O–H groups in total. The summed E-state index contributed by atoms with van der Waals surface area (Å²) in [6.07, 6.45) is 4.34. The Kier molecular flexibility index (Phi) is 4.44. The highest BCUT2D eigenvalue weighted by Gasteiger charge is 2.29. The van der Waals surface area contributed by atoms with Gasteiger partial charge in [0.25, 0.3) is 10.0 Å². The summed E-state index contributed by atoms with van der Waals surface area (Å²) in [5.41, 5.74) is 2.21. The predicted octanol–water partition coefficient (Wildman–Crippen LogP) is 3.59. The van der Waals surface area contributed by atoms with E-state index in [2.05, 4.69) is 28.3 Å². The van der Waals surface area contributed by atoms with Gasteiger partial charge in [-0.25, -0.2) is 22.4 Å². The number of nitrogens with zero attached hydrogens (tertiary/aromatic N) is 5. The van der Waals surface area contributed by atoms with Crippen molar-refractivity contribution in [3.63, 3.8) is 0 Å². The van der Waals surface area contributed by atoms with E-state index in [0.717, 1.165) is 41.8 Å². The average molecular weight is 424 g/mol. The van der Waals surface area contributed by atoms with Gasteiger partial charge >= 0.3 is 0 Å². The summed E-state index contributed by atoms with van der Waals surface area (Å²) in [4.78, 5) is 11.9. The summed E-state index contributed by atoms with van der Waals surface area (Å²) in [6.45, 7) is 8.48. The fourth-order valence-corrected chi connectivity index (χ4v) is 5.88. The molecule has 1 unspecified atom stereocenters. The van der Waals surface area contributed by atoms with Crippen LogP contribution in [0.3, 0.4) is 0 Å². The molecule has 4 heterocycles. The molecule has 0 bridgehead atoms. The molecule has 0 radical (unpaired) electrons. The number of fused-ring (bicyclic) bond motifs is 3. The molecule has 4 aromatic rings. The van der Waals surface area contributed by atoms with E-state index in [4.69, 9.17) is 4.98 Å². The number of likely N-dealkylation sites (tertiary alicyclic amines) is 1. The van der Waals surface area contributed by atoms with Crippen LogP contribution in [-0.2, 0) is 10.0 Å². The quantitative estimate of drug-likeness (QED) is 0.502. The molecule has 1 fully saturated rings. The molecule has 0 aliphatic carbocycles. The minimum Gasteiger partial charge on any atom is -0.323 e. The molecule has 1 aromatic carbocycles. The normalized spacial score (nSPS) is 18.2. The molecule has 0 saturated carbocycles. The first-order valence-electron chi connectivity index (χ1n) is 10.3. The molecule has 1 atom stereocenters. The standard InChI is InChI=1S/C22H25N5O2S/c1-15(2)25-11-9-17(14-25)27-16(3)24-20-13-23-22-19(21(20)27)10-12-26(22)30(28,29)18-7-5-4-6-8-18/h4-8,10,12-13,15,17H,9,11,14H2,1-3H3. The van der Waals surface area contributed by atoms with Gasteiger partial charge in [0, 0.05) is 36.8 Å². The first kappa shape index (κ1) is 19.3. The molecule has 5 rings (SSSR count). The van der Waals surface area contributed by atoms with E-state index in [1.54, 1.807) is 42.7 Å². The average Bonchev–Trinajstić information content (AvgIpc) is 3.44. The SMILES string of the molecule is Cc1nc2cnc3c(ccn3S(=O)(=O)c3ccccc3)c2n1C1CCN(C(C)C)C1. The Morgan fingerprint density at radius 3 is 2.60 bits per heavy atom. The number of aromatic nitrogens is 4. The van der Waals surface area contributed by atoms with Gasteiger partial charge in [0.1, 0.15) is 11.3 Å². The maximum Gasteiger partial charge on any atom is 0.269 e. The third-order valence-electron chi connectivity index (χ3n) is 6.10. The Balaban J connectivity index is 1.69. The number of imidazole rings is 1. The summed E-state index contributed by atoms with van der Waals surface area (Å²) in [6, 6.07) is 11.1. The van der Waals surface area contributed by atoms with Gasteiger partial charge < -0.3 is 4.57 Å². The van der Waals surface area contributed by atoms with Gasteiger partial charge in [0.15, 0.2) is 5.65 Å². The van der Waals surface area contributed by atoms with Gasteiger partial charge in [-0.1, -0.05) is 18.2 Å². The molecule has 1 aliphatic heterocycles. The van der Waals surface area contributed by atoms with Crippen LogP contribution in [-0.4, -0.2) is 51.0 Å². The second-order valence-electron chi connectivity index (χ2n) is 8.22. The van der Waals surface area contributed by atoms with Crippen LogP contribution in [0.25, 0.3) is 22.1 Å². The number of aryl methyl sites for hydroxylation is 1. The van der Waals surface area contributed by atoms with E-state index in [1.807, 2.05) is 13.0 Å². The molecule has 0 spiro atoms. The Hall–Kier alpha value is -2.71. The third kappa shape index (κ3) is 2.86. The van der Waals surface area contributed by atoms with Crippen LogP contribution >= 0.6 is 0 Å². The summed E-state index contributed by atoms with van der Waals surface area (Å²) >= 11 is 0. The molecule has 156 valence electrons. The van der Waals surface area contributed by atoms with Crippen molar-refractivity contribution in [3.8, 4) is 0 Å². The lowest BCUT2D eigenvalue weighted by Crippen LogP contribution is -2.28. The number of rotatable bonds is 4. The second kappa shape index (κ2) is 6.92. The van der Waals surface area contributed by atoms with Crippen molar-refractivity contribution < 1.29 is 8.42 Å². The Bertz CT molecular complexity index is 1340. The highest BCUT2D eigenvalue weighted by Crippen LogP contribution is 2.33. The molecular weight excluding hydrogens is 398 g/mol. The molecule has 3 aromatic heterocycles. The van der Waals surface area contributed by atoms with E-state index in [1.165, 1.54) is 3.97 Å². The zero-order valence-electron chi connectivity index (χ0n) is 17.4. The van der Waals surface area contributed by atoms with Crippen LogP contribution in [0, 0.1) is 6.92 Å². The van der Waals surface area contributed by atoms with Crippen molar-refractivity contribution in [3.05, 3.63) is 54.6 Å². The second-order valence-corrected chi connectivity index (χ2v) is 10.0. The van der Waals surface area contributed by atoms with Crippen molar-refractivity contribution in [2.24, 2.45) is 0 Å². The number of pyridine rings is 1. The predicted molar refractivity (Wildman–Crippen MR) is 117 cm³/mol. The first-order chi connectivity index (χ1) is 14.4. The topological polar surface area (TPSA) is 73.0 Å². The molecular formula is C22H25N5O2S. The monoisotopic (exact) mass is 423 g/mol. The van der Waals surface area contributed by atoms with Gasteiger partial charge in [-0.2, -0.15) is 0 Å².